The number of ether oxygens (including phenoxy) is 3. The van der Waals surface area contributed by atoms with Crippen molar-refractivity contribution in [3.63, 3.8) is 0 Å². The van der Waals surface area contributed by atoms with Crippen LogP contribution >= 0.6 is 0 Å². The SMILES string of the molecule is CC[C@@H](Oc1ccc(C)cc1)C(=O)O[C@H]1CCC=C2C=C[C@H](C)[C@H](CC[C@@H]3C[C@H](O)CCO3)[C@H]21. The van der Waals surface area contributed by atoms with Crippen LogP contribution in [0.5, 0.6) is 5.75 Å². The predicted octanol–water partition coefficient (Wildman–Crippen LogP) is 5.54. The van der Waals surface area contributed by atoms with Gasteiger partial charge in [-0.1, -0.05) is 49.8 Å². The van der Waals surface area contributed by atoms with Gasteiger partial charge in [0.2, 0.25) is 0 Å². The van der Waals surface area contributed by atoms with E-state index in [0.717, 1.165) is 44.1 Å². The lowest BCUT2D eigenvalue weighted by molar-refractivity contribution is -0.162. The van der Waals surface area contributed by atoms with Crippen molar-refractivity contribution in [2.24, 2.45) is 17.8 Å². The standard InChI is InChI=1S/C29H40O5/c1-4-26(33-23-12-8-19(2)9-13-23)29(31)34-27-7-5-6-21-11-10-20(3)25(28(21)27)15-14-24-18-22(30)16-17-32-24/h6,8-13,20,22,24-28,30H,4-5,7,14-18H2,1-3H3/t20-,22+,24+,25-,26+,27-,28-/m0/s1. The number of fused-ring (bicyclic) bond motifs is 1. The highest BCUT2D eigenvalue weighted by Crippen LogP contribution is 2.44. The Kier molecular flexibility index (Phi) is 8.49. The van der Waals surface area contributed by atoms with Gasteiger partial charge in [0.15, 0.2) is 6.10 Å². The molecule has 0 amide bonds. The maximum Gasteiger partial charge on any atom is 0.347 e. The van der Waals surface area contributed by atoms with Crippen molar-refractivity contribution in [1.82, 2.24) is 0 Å². The van der Waals surface area contributed by atoms with E-state index in [2.05, 4.69) is 25.2 Å². The molecule has 1 aromatic carbocycles. The highest BCUT2D eigenvalue weighted by atomic mass is 16.6. The van der Waals surface area contributed by atoms with Crippen LogP contribution in [-0.4, -0.2) is 42.1 Å². The van der Waals surface area contributed by atoms with Crippen molar-refractivity contribution in [2.45, 2.75) is 90.1 Å². The van der Waals surface area contributed by atoms with Crippen LogP contribution in [0.1, 0.15) is 64.4 Å². The third kappa shape index (κ3) is 6.11. The molecule has 1 aliphatic heterocycles. The van der Waals surface area contributed by atoms with Crippen molar-refractivity contribution < 1.29 is 24.1 Å². The van der Waals surface area contributed by atoms with E-state index < -0.39 is 6.10 Å². The summed E-state index contributed by atoms with van der Waals surface area (Å²) in [5.41, 5.74) is 2.45. The third-order valence-corrected chi connectivity index (χ3v) is 7.71. The Morgan fingerprint density at radius 3 is 2.74 bits per heavy atom. The molecule has 1 fully saturated rings. The Bertz CT molecular complexity index is 873. The first-order chi connectivity index (χ1) is 16.4. The van der Waals surface area contributed by atoms with E-state index in [9.17, 15) is 9.90 Å². The summed E-state index contributed by atoms with van der Waals surface area (Å²) in [7, 11) is 0. The second-order valence-electron chi connectivity index (χ2n) is 10.2. The van der Waals surface area contributed by atoms with Crippen molar-refractivity contribution in [2.75, 3.05) is 6.61 Å². The second-order valence-corrected chi connectivity index (χ2v) is 10.2. The predicted molar refractivity (Wildman–Crippen MR) is 133 cm³/mol. The quantitative estimate of drug-likeness (QED) is 0.507. The summed E-state index contributed by atoms with van der Waals surface area (Å²) in [6.07, 6.45) is 11.7. The summed E-state index contributed by atoms with van der Waals surface area (Å²) in [5, 5.41) is 10.0. The summed E-state index contributed by atoms with van der Waals surface area (Å²) in [6.45, 7) is 6.89. The Hall–Kier alpha value is -2.11. The zero-order chi connectivity index (χ0) is 24.1. The zero-order valence-electron chi connectivity index (χ0n) is 20.8. The van der Waals surface area contributed by atoms with Crippen molar-refractivity contribution in [3.8, 4) is 5.75 Å². The smallest absolute Gasteiger partial charge is 0.347 e. The van der Waals surface area contributed by atoms with Crippen molar-refractivity contribution >= 4 is 5.97 Å². The van der Waals surface area contributed by atoms with Gasteiger partial charge >= 0.3 is 5.97 Å². The molecule has 0 unspecified atom stereocenters. The molecule has 2 aliphatic carbocycles. The first-order valence-electron chi connectivity index (χ1n) is 13.1. The summed E-state index contributed by atoms with van der Waals surface area (Å²) < 4.78 is 18.1. The van der Waals surface area contributed by atoms with Gasteiger partial charge in [-0.3, -0.25) is 0 Å². The van der Waals surface area contributed by atoms with Gasteiger partial charge in [0, 0.05) is 12.5 Å². The van der Waals surface area contributed by atoms with Crippen LogP contribution < -0.4 is 4.74 Å². The molecule has 4 rings (SSSR count). The van der Waals surface area contributed by atoms with Crippen LogP contribution in [0.15, 0.2) is 48.1 Å². The van der Waals surface area contributed by atoms with Crippen LogP contribution in [0.2, 0.25) is 0 Å². The number of carbonyl (C=O) groups is 1. The molecule has 1 saturated heterocycles. The normalized spacial score (nSPS) is 31.8. The Morgan fingerprint density at radius 2 is 2.00 bits per heavy atom. The van der Waals surface area contributed by atoms with Gasteiger partial charge in [0.05, 0.1) is 12.2 Å². The number of aryl methyl sites for hydroxylation is 1. The van der Waals surface area contributed by atoms with Crippen molar-refractivity contribution in [3.05, 3.63) is 53.6 Å². The van der Waals surface area contributed by atoms with Crippen LogP contribution in [0, 0.1) is 24.7 Å². The van der Waals surface area contributed by atoms with Crippen molar-refractivity contribution in [1.29, 1.82) is 0 Å². The molecule has 7 atom stereocenters. The Labute approximate surface area is 204 Å². The minimum absolute atomic E-state index is 0.117. The van der Waals surface area contributed by atoms with E-state index in [0.29, 0.717) is 30.6 Å². The van der Waals surface area contributed by atoms with E-state index in [-0.39, 0.29) is 30.2 Å². The molecule has 0 saturated carbocycles. The molecule has 34 heavy (non-hydrogen) atoms. The highest BCUT2D eigenvalue weighted by molar-refractivity contribution is 5.75. The first-order valence-corrected chi connectivity index (χ1v) is 13.1. The molecule has 5 nitrogen and oxygen atoms in total. The van der Waals surface area contributed by atoms with Gasteiger partial charge in [-0.25, -0.2) is 4.79 Å². The van der Waals surface area contributed by atoms with Crippen LogP contribution in [0.3, 0.4) is 0 Å². The third-order valence-electron chi connectivity index (χ3n) is 7.71. The monoisotopic (exact) mass is 468 g/mol. The molecule has 3 aliphatic rings. The molecule has 0 aromatic heterocycles. The number of aliphatic hydroxyl groups is 1. The molecule has 186 valence electrons. The van der Waals surface area contributed by atoms with E-state index >= 15 is 0 Å². The number of rotatable bonds is 8. The molecule has 1 aromatic rings. The maximum absolute atomic E-state index is 13.2. The fraction of sp³-hybridized carbons (Fsp3) is 0.621. The average Bonchev–Trinajstić information content (AvgIpc) is 2.83. The number of benzene rings is 1. The van der Waals surface area contributed by atoms with Gasteiger partial charge in [-0.2, -0.15) is 0 Å². The minimum atomic E-state index is -0.607. The maximum atomic E-state index is 13.2. The summed E-state index contributed by atoms with van der Waals surface area (Å²) in [6, 6.07) is 7.78. The van der Waals surface area contributed by atoms with Gasteiger partial charge in [0.1, 0.15) is 11.9 Å². The number of hydrogen-bond donors (Lipinski definition) is 1. The van der Waals surface area contributed by atoms with E-state index in [4.69, 9.17) is 14.2 Å². The summed E-state index contributed by atoms with van der Waals surface area (Å²) in [5.74, 6) is 1.41. The fourth-order valence-electron chi connectivity index (χ4n) is 5.70. The fourth-order valence-corrected chi connectivity index (χ4v) is 5.70. The van der Waals surface area contributed by atoms with E-state index in [1.807, 2.05) is 38.1 Å². The zero-order valence-corrected chi connectivity index (χ0v) is 20.8. The van der Waals surface area contributed by atoms with Crippen LogP contribution in [0.4, 0.5) is 0 Å². The first kappa shape index (κ1) is 25.0. The van der Waals surface area contributed by atoms with Gasteiger partial charge < -0.3 is 19.3 Å². The Morgan fingerprint density at radius 1 is 1.21 bits per heavy atom. The highest BCUT2D eigenvalue weighted by Gasteiger charge is 2.41. The summed E-state index contributed by atoms with van der Waals surface area (Å²) >= 11 is 0. The molecule has 0 spiro atoms. The lowest BCUT2D eigenvalue weighted by atomic mass is 9.66. The van der Waals surface area contributed by atoms with E-state index in [1.165, 1.54) is 5.57 Å². The van der Waals surface area contributed by atoms with E-state index in [1.54, 1.807) is 0 Å². The van der Waals surface area contributed by atoms with Crippen LogP contribution in [0.25, 0.3) is 0 Å². The lowest BCUT2D eigenvalue weighted by Crippen LogP contribution is -2.42. The van der Waals surface area contributed by atoms with Gasteiger partial charge in [-0.15, -0.1) is 0 Å². The molecule has 0 bridgehead atoms. The molecule has 0 radical (unpaired) electrons. The molecule has 1 N–H and O–H groups in total. The number of aliphatic hydroxyl groups excluding tert-OH is 1. The van der Waals surface area contributed by atoms with Gasteiger partial charge in [-0.05, 0) is 81.4 Å². The molecular formula is C29H40O5. The molecule has 5 heteroatoms. The average molecular weight is 469 g/mol. The minimum Gasteiger partial charge on any atom is -0.479 e. The number of carbonyl (C=O) groups excluding carboxylic acids is 1. The van der Waals surface area contributed by atoms with Gasteiger partial charge in [0.25, 0.3) is 0 Å². The second kappa shape index (κ2) is 11.5. The number of esters is 1. The topological polar surface area (TPSA) is 65.0 Å². The Balaban J connectivity index is 1.43. The largest absolute Gasteiger partial charge is 0.479 e. The number of hydrogen-bond acceptors (Lipinski definition) is 5. The number of allylic oxidation sites excluding steroid dienone is 3. The summed E-state index contributed by atoms with van der Waals surface area (Å²) in [4.78, 5) is 13.2. The molecular weight excluding hydrogens is 428 g/mol. The molecule has 1 heterocycles. The lowest BCUT2D eigenvalue weighted by Gasteiger charge is -2.42. The van der Waals surface area contributed by atoms with Crippen LogP contribution in [-0.2, 0) is 14.3 Å².